The summed E-state index contributed by atoms with van der Waals surface area (Å²) in [6, 6.07) is 55.7. The molecule has 0 saturated heterocycles. The first-order valence-electron chi connectivity index (χ1n) is 34.4. The third-order valence-electron chi connectivity index (χ3n) is 18.4. The number of hydrogen-bond donors (Lipinski definition) is 4. The van der Waals surface area contributed by atoms with Crippen LogP contribution in [0.3, 0.4) is 0 Å². The van der Waals surface area contributed by atoms with Crippen molar-refractivity contribution >= 4 is 199 Å². The first-order chi connectivity index (χ1) is 55.9. The Hall–Kier alpha value is -10.8. The third-order valence-corrected chi connectivity index (χ3v) is 21.9. The number of imide groups is 2. The van der Waals surface area contributed by atoms with Gasteiger partial charge in [-0.1, -0.05) is 152 Å². The van der Waals surface area contributed by atoms with E-state index in [0.717, 1.165) is 58.4 Å². The Morgan fingerprint density at radius 2 is 0.579 bits per heavy atom. The molecule has 2 aliphatic rings. The Labute approximate surface area is 776 Å². The molecule has 0 unspecified atom stereocenters. The molecule has 121 heavy (non-hydrogen) atoms. The number of aliphatic imine (C=N–C) groups is 2. The van der Waals surface area contributed by atoms with Crippen LogP contribution in [-0.4, -0.2) is 87.6 Å². The minimum atomic E-state index is -5.19. The predicted octanol–water partition coefficient (Wildman–Crippen LogP) is 3.70. The van der Waals surface area contributed by atoms with Gasteiger partial charge in [0.25, 0.3) is 43.9 Å². The molecule has 2 heterocycles. The van der Waals surface area contributed by atoms with E-state index in [1.54, 1.807) is 116 Å². The number of rotatable bonds is 20. The van der Waals surface area contributed by atoms with E-state index in [9.17, 15) is 81.3 Å². The zero-order valence-electron chi connectivity index (χ0n) is 63.8. The molecular formula is C81H50N14Na4O18S4. The molecule has 2 aliphatic heterocycles. The van der Waals surface area contributed by atoms with Crippen LogP contribution in [0.25, 0.3) is 65.3 Å². The van der Waals surface area contributed by atoms with Crippen molar-refractivity contribution in [3.8, 4) is 22.3 Å². The van der Waals surface area contributed by atoms with Crippen LogP contribution < -0.4 is 149 Å². The normalized spacial score (nSPS) is 13.5. The first kappa shape index (κ1) is 91.0. The van der Waals surface area contributed by atoms with Crippen LogP contribution in [0, 0.1) is 6.92 Å². The van der Waals surface area contributed by atoms with Crippen LogP contribution >= 0.6 is 0 Å². The minimum Gasteiger partial charge on any atom is -0.846 e. The molecule has 40 heteroatoms. The van der Waals surface area contributed by atoms with Gasteiger partial charge in [0.05, 0.1) is 78.7 Å². The van der Waals surface area contributed by atoms with Gasteiger partial charge < -0.3 is 30.0 Å². The number of carbonyl (C=O) groups is 4. The summed E-state index contributed by atoms with van der Waals surface area (Å²) in [6.07, 6.45) is 4.20. The molecule has 32 nitrogen and oxygen atoms in total. The average molecular weight is 1730 g/mol. The Bertz CT molecular complexity index is 7180. The van der Waals surface area contributed by atoms with Crippen molar-refractivity contribution in [3.05, 3.63) is 266 Å². The van der Waals surface area contributed by atoms with E-state index >= 15 is 0 Å². The zero-order valence-corrected chi connectivity index (χ0v) is 75.0. The van der Waals surface area contributed by atoms with Gasteiger partial charge in [0.2, 0.25) is 0 Å². The van der Waals surface area contributed by atoms with Crippen LogP contribution in [0.5, 0.6) is 0 Å². The summed E-state index contributed by atoms with van der Waals surface area (Å²) in [5.74, 6) is -2.83. The molecule has 0 aliphatic carbocycles. The Balaban J connectivity index is 0.00000358. The number of nitrogens with one attached hydrogen (secondary N) is 2. The number of azo groups is 4. The molecule has 4 N–H and O–H groups in total. The largest absolute Gasteiger partial charge is 1.00 e. The quantitative estimate of drug-likeness (QED) is 0.0211. The SMILES string of the molecule is Cc1ccc(N=C([O-])Nc2c(N=Nc3ccc(-c4ccc(N=Nc5cc(S(=O)(=O)O)c6ccccc6c5N5C(=O)C=CC5=O)cc4)cc3)cc(S(=O)(=O)[O-])c3ccccc23)cc1N=C([O-])Nc1c(N=Nc2ccc(-c3ccc(N=Nc4cc(S(=O)(=O)O)c5ccccc5c4N4C(=O)C=CC4=O)cc3)cc2)cc(S(=O)(=O)[O-])c2ccccc12.[Na+].[Na+].[Na+].[Na+]. The van der Waals surface area contributed by atoms with Crippen molar-refractivity contribution in [2.45, 2.75) is 26.5 Å². The van der Waals surface area contributed by atoms with Gasteiger partial charge in [0.15, 0.2) is 0 Å². The minimum absolute atomic E-state index is 0. The van der Waals surface area contributed by atoms with Gasteiger partial charge in [-0.3, -0.25) is 28.3 Å². The van der Waals surface area contributed by atoms with Crippen molar-refractivity contribution in [1.29, 1.82) is 0 Å². The molecule has 0 fully saturated rings. The maximum absolute atomic E-state index is 14.2. The van der Waals surface area contributed by atoms with Gasteiger partial charge in [-0.25, -0.2) is 36.6 Å². The van der Waals surface area contributed by atoms with Gasteiger partial charge >= 0.3 is 118 Å². The number of aryl methyl sites for hydroxylation is 1. The fourth-order valence-corrected chi connectivity index (χ4v) is 15.9. The maximum atomic E-state index is 14.2. The predicted molar refractivity (Wildman–Crippen MR) is 428 cm³/mol. The summed E-state index contributed by atoms with van der Waals surface area (Å²) in [5, 5.41) is 68.1. The summed E-state index contributed by atoms with van der Waals surface area (Å²) in [4.78, 5) is 59.4. The number of amides is 4. The number of benzene rings is 13. The standard InChI is InChI=1S/C81H54N14O18S4.4Na/c1-45-18-27-54(82-80(100)84-76-59-14-6-2-10-55(59)68(114(102,103)104)41-64(76)90-86-50-28-19-46(20-29-50)48-23-32-52(33-24-48)88-92-66-43-70(116(108,109)110)57-12-4-8-16-61(57)78(66)94-72(96)36-37-73(94)97)40-63(45)83-81(101)85-77-60-15-7-3-11-56(60)69(115(105,106)107)42-65(77)91-87-51-30-21-47(22-31-51)49-25-34-53(35-26-49)89-93-67-44-71(117(111,112)113)58-13-5-9-17-62(58)79(67)95-74(98)38-39-75(95)99;;;;/h2-44H,1H3,(H2,82,84,100)(H2,83,85,101)(H,102,103,104)(H,105,106,107)(H,108,109,110)(H,111,112,113);;;;/q;4*+1/p-4. The molecule has 0 saturated carbocycles. The van der Waals surface area contributed by atoms with Crippen molar-refractivity contribution in [1.82, 2.24) is 0 Å². The number of nitrogens with zero attached hydrogens (tertiary/aromatic N) is 12. The fourth-order valence-electron chi connectivity index (χ4n) is 13.0. The third kappa shape index (κ3) is 19.7. The van der Waals surface area contributed by atoms with E-state index in [-0.39, 0.29) is 241 Å². The van der Waals surface area contributed by atoms with Crippen molar-refractivity contribution in [2.75, 3.05) is 20.4 Å². The molecule has 13 aromatic carbocycles. The summed E-state index contributed by atoms with van der Waals surface area (Å²) >= 11 is 0. The molecule has 0 bridgehead atoms. The number of anilines is 4. The molecular weight excluding hydrogens is 1680 g/mol. The van der Waals surface area contributed by atoms with Crippen LogP contribution in [0.2, 0.25) is 0 Å². The van der Waals surface area contributed by atoms with Gasteiger partial charge in [-0.15, -0.1) is 20.5 Å². The van der Waals surface area contributed by atoms with Gasteiger partial charge in [0.1, 0.15) is 52.8 Å². The average Bonchev–Trinajstić information content (AvgIpc) is 1.73. The van der Waals surface area contributed by atoms with Gasteiger partial charge in [-0.05, 0) is 120 Å². The van der Waals surface area contributed by atoms with E-state index in [4.69, 9.17) is 0 Å². The first-order valence-corrected chi connectivity index (χ1v) is 40.1. The van der Waals surface area contributed by atoms with Crippen molar-refractivity contribution in [2.24, 2.45) is 50.9 Å². The topological polar surface area (TPSA) is 492 Å². The van der Waals surface area contributed by atoms with E-state index < -0.39 is 95.7 Å². The smallest absolute Gasteiger partial charge is 0.846 e. The van der Waals surface area contributed by atoms with Crippen LogP contribution in [0.4, 0.5) is 79.6 Å². The maximum Gasteiger partial charge on any atom is 1.00 e. The second kappa shape index (κ2) is 37.3. The number of hydrogen-bond acceptors (Lipinski definition) is 26. The number of carbonyl (C=O) groups excluding carboxylic acids is 4. The summed E-state index contributed by atoms with van der Waals surface area (Å²) in [7, 11) is -20.1. The molecule has 0 spiro atoms. The van der Waals surface area contributed by atoms with Crippen molar-refractivity contribution in [3.63, 3.8) is 0 Å². The summed E-state index contributed by atoms with van der Waals surface area (Å²) in [5.41, 5.74) is 2.65. The van der Waals surface area contributed by atoms with Gasteiger partial charge in [-0.2, -0.15) is 37.3 Å². The van der Waals surface area contributed by atoms with E-state index in [2.05, 4.69) is 61.5 Å². The molecule has 13 aromatic rings. The van der Waals surface area contributed by atoms with E-state index in [0.29, 0.717) is 27.8 Å². The zero-order chi connectivity index (χ0) is 82.4. The summed E-state index contributed by atoms with van der Waals surface area (Å²) < 4.78 is 148. The second-order valence-corrected chi connectivity index (χ2v) is 31.3. The van der Waals surface area contributed by atoms with Crippen LogP contribution in [0.1, 0.15) is 5.56 Å². The Kier molecular flexibility index (Phi) is 28.0. The molecule has 580 valence electrons. The molecule has 0 aromatic heterocycles. The monoisotopic (exact) mass is 1730 g/mol. The molecule has 0 radical (unpaired) electrons. The van der Waals surface area contributed by atoms with E-state index in [1.165, 1.54) is 103 Å². The Morgan fingerprint density at radius 1 is 0.314 bits per heavy atom. The van der Waals surface area contributed by atoms with Crippen molar-refractivity contribution < 1.29 is 200 Å². The van der Waals surface area contributed by atoms with Crippen LogP contribution in [-0.2, 0) is 59.7 Å². The second-order valence-electron chi connectivity index (χ2n) is 25.8. The van der Waals surface area contributed by atoms with Gasteiger partial charge in [0, 0.05) is 67.4 Å². The molecule has 15 rings (SSSR count). The van der Waals surface area contributed by atoms with E-state index in [1.807, 2.05) is 0 Å². The number of amidine groups is 2. The summed E-state index contributed by atoms with van der Waals surface area (Å²) in [6.45, 7) is 1.61. The molecule has 4 amide bonds. The van der Waals surface area contributed by atoms with Crippen LogP contribution in [0.15, 0.2) is 331 Å². The Morgan fingerprint density at radius 3 is 0.884 bits per heavy atom. The fraction of sp³-hybridized carbons (Fsp3) is 0.0123. The number of fused-ring (bicyclic) bond motifs is 4. The molecule has 0 atom stereocenters.